The molecule has 2 aromatic carbocycles. The summed E-state index contributed by atoms with van der Waals surface area (Å²) in [6.07, 6.45) is 0. The second kappa shape index (κ2) is 5.47. The molecular formula is C18H17ClN2. The normalized spacial score (nSPS) is 12.6. The first-order chi connectivity index (χ1) is 10.0. The summed E-state index contributed by atoms with van der Waals surface area (Å²) in [6, 6.07) is 16.1. The lowest BCUT2D eigenvalue weighted by Crippen LogP contribution is -2.12. The Kier molecular flexibility index (Phi) is 3.66. The zero-order valence-corrected chi connectivity index (χ0v) is 12.9. The Hall–Kier alpha value is -1.90. The van der Waals surface area contributed by atoms with Crippen molar-refractivity contribution < 1.29 is 0 Å². The quantitative estimate of drug-likeness (QED) is 0.753. The van der Waals surface area contributed by atoms with E-state index in [0.29, 0.717) is 0 Å². The van der Waals surface area contributed by atoms with Crippen LogP contribution in [0.2, 0.25) is 5.02 Å². The van der Waals surface area contributed by atoms with Crippen molar-refractivity contribution in [2.75, 3.05) is 0 Å². The summed E-state index contributed by atoms with van der Waals surface area (Å²) in [6.45, 7) is 3.99. The van der Waals surface area contributed by atoms with Crippen molar-refractivity contribution in [2.45, 2.75) is 19.9 Å². The van der Waals surface area contributed by atoms with E-state index >= 15 is 0 Å². The lowest BCUT2D eigenvalue weighted by atomic mass is 9.97. The molecule has 0 saturated heterocycles. The second-order valence-corrected chi connectivity index (χ2v) is 5.80. The molecule has 0 amide bonds. The number of aromatic nitrogens is 1. The number of hydrogen-bond donors (Lipinski definition) is 1. The Balaban J connectivity index is 2.02. The fourth-order valence-electron chi connectivity index (χ4n) is 2.49. The Labute approximate surface area is 129 Å². The first-order valence-electron chi connectivity index (χ1n) is 6.93. The molecule has 2 nitrogen and oxygen atoms in total. The molecule has 0 saturated carbocycles. The van der Waals surface area contributed by atoms with Gasteiger partial charge in [-0.2, -0.15) is 0 Å². The second-order valence-electron chi connectivity index (χ2n) is 5.39. The Morgan fingerprint density at radius 2 is 1.67 bits per heavy atom. The van der Waals surface area contributed by atoms with E-state index in [0.717, 1.165) is 38.3 Å². The molecule has 2 N–H and O–H groups in total. The molecule has 1 unspecified atom stereocenters. The van der Waals surface area contributed by atoms with E-state index in [-0.39, 0.29) is 6.04 Å². The van der Waals surface area contributed by atoms with Crippen molar-refractivity contribution in [2.24, 2.45) is 5.73 Å². The molecule has 3 rings (SSSR count). The maximum Gasteiger partial charge on any atom is 0.0705 e. The van der Waals surface area contributed by atoms with Crippen LogP contribution in [0.5, 0.6) is 0 Å². The van der Waals surface area contributed by atoms with E-state index in [2.05, 4.69) is 17.1 Å². The molecular weight excluding hydrogens is 280 g/mol. The number of rotatable bonds is 2. The van der Waals surface area contributed by atoms with Crippen LogP contribution in [0.3, 0.4) is 0 Å². The summed E-state index contributed by atoms with van der Waals surface area (Å²) in [5.41, 5.74) is 11.6. The largest absolute Gasteiger partial charge is 0.320 e. The molecule has 21 heavy (non-hydrogen) atoms. The highest BCUT2D eigenvalue weighted by Gasteiger charge is 2.11. The number of pyridine rings is 1. The van der Waals surface area contributed by atoms with Gasteiger partial charge >= 0.3 is 0 Å². The van der Waals surface area contributed by atoms with Crippen molar-refractivity contribution in [3.8, 4) is 0 Å². The van der Waals surface area contributed by atoms with Gasteiger partial charge < -0.3 is 5.73 Å². The molecule has 0 fully saturated rings. The number of fused-ring (bicyclic) bond motifs is 1. The Bertz CT molecular complexity index is 811. The zero-order valence-electron chi connectivity index (χ0n) is 12.1. The van der Waals surface area contributed by atoms with Gasteiger partial charge in [0.15, 0.2) is 0 Å². The van der Waals surface area contributed by atoms with Gasteiger partial charge in [0.25, 0.3) is 0 Å². The smallest absolute Gasteiger partial charge is 0.0705 e. The molecule has 3 heteroatoms. The van der Waals surface area contributed by atoms with Crippen LogP contribution in [-0.2, 0) is 0 Å². The van der Waals surface area contributed by atoms with Gasteiger partial charge in [-0.25, -0.2) is 0 Å². The monoisotopic (exact) mass is 296 g/mol. The molecule has 0 bridgehead atoms. The summed E-state index contributed by atoms with van der Waals surface area (Å²) in [4.78, 5) is 4.52. The molecule has 0 aliphatic rings. The van der Waals surface area contributed by atoms with Gasteiger partial charge in [-0.3, -0.25) is 4.98 Å². The zero-order chi connectivity index (χ0) is 15.0. The molecule has 0 spiro atoms. The van der Waals surface area contributed by atoms with Gasteiger partial charge in [-0.1, -0.05) is 35.9 Å². The van der Waals surface area contributed by atoms with Crippen molar-refractivity contribution in [1.82, 2.24) is 4.98 Å². The summed E-state index contributed by atoms with van der Waals surface area (Å²) >= 11 is 6.08. The number of nitrogens with two attached hydrogens (primary N) is 1. The molecule has 1 heterocycles. The maximum atomic E-state index is 6.39. The molecule has 3 aromatic rings. The third kappa shape index (κ3) is 2.78. The van der Waals surface area contributed by atoms with Gasteiger partial charge in [0, 0.05) is 16.1 Å². The fourth-order valence-corrected chi connectivity index (χ4v) is 2.61. The highest BCUT2D eigenvalue weighted by atomic mass is 35.5. The summed E-state index contributed by atoms with van der Waals surface area (Å²) in [7, 11) is 0. The van der Waals surface area contributed by atoms with Gasteiger partial charge in [-0.15, -0.1) is 0 Å². The van der Waals surface area contributed by atoms with Crippen molar-refractivity contribution in [1.29, 1.82) is 0 Å². The van der Waals surface area contributed by atoms with E-state index in [4.69, 9.17) is 17.3 Å². The fraction of sp³-hybridized carbons (Fsp3) is 0.167. The number of halogens is 1. The van der Waals surface area contributed by atoms with E-state index in [1.54, 1.807) is 0 Å². The van der Waals surface area contributed by atoms with Crippen LogP contribution >= 0.6 is 11.6 Å². The average molecular weight is 297 g/mol. The highest BCUT2D eigenvalue weighted by Crippen LogP contribution is 2.26. The van der Waals surface area contributed by atoms with Crippen LogP contribution in [0.4, 0.5) is 0 Å². The lowest BCUT2D eigenvalue weighted by Gasteiger charge is -2.14. The van der Waals surface area contributed by atoms with Crippen LogP contribution in [0.1, 0.15) is 28.4 Å². The number of benzene rings is 2. The van der Waals surface area contributed by atoms with Crippen LogP contribution in [0, 0.1) is 13.8 Å². The average Bonchev–Trinajstić information content (AvgIpc) is 2.49. The number of aryl methyl sites for hydroxylation is 2. The van der Waals surface area contributed by atoms with Crippen LogP contribution in [0.15, 0.2) is 48.5 Å². The first-order valence-corrected chi connectivity index (χ1v) is 7.31. The van der Waals surface area contributed by atoms with E-state index in [1.807, 2.05) is 50.2 Å². The lowest BCUT2D eigenvalue weighted by molar-refractivity contribution is 0.871. The third-order valence-electron chi connectivity index (χ3n) is 3.75. The maximum absolute atomic E-state index is 6.39. The highest BCUT2D eigenvalue weighted by molar-refractivity contribution is 6.31. The van der Waals surface area contributed by atoms with Gasteiger partial charge in [0.1, 0.15) is 0 Å². The third-order valence-corrected chi connectivity index (χ3v) is 4.18. The molecule has 106 valence electrons. The Morgan fingerprint density at radius 1 is 0.952 bits per heavy atom. The first kappa shape index (κ1) is 14.1. The topological polar surface area (TPSA) is 38.9 Å². The van der Waals surface area contributed by atoms with Crippen molar-refractivity contribution in [3.63, 3.8) is 0 Å². The molecule has 0 radical (unpaired) electrons. The predicted molar refractivity (Wildman–Crippen MR) is 88.7 cm³/mol. The number of nitrogens with zero attached hydrogens (tertiary/aromatic N) is 1. The van der Waals surface area contributed by atoms with E-state index in [9.17, 15) is 0 Å². The summed E-state index contributed by atoms with van der Waals surface area (Å²) < 4.78 is 0. The molecule has 0 aliphatic heterocycles. The van der Waals surface area contributed by atoms with Crippen LogP contribution in [0.25, 0.3) is 10.9 Å². The molecule has 0 aliphatic carbocycles. The van der Waals surface area contributed by atoms with Crippen LogP contribution < -0.4 is 5.73 Å². The van der Waals surface area contributed by atoms with Crippen LogP contribution in [-0.4, -0.2) is 4.98 Å². The van der Waals surface area contributed by atoms with E-state index < -0.39 is 0 Å². The van der Waals surface area contributed by atoms with Crippen molar-refractivity contribution >= 4 is 22.5 Å². The summed E-state index contributed by atoms with van der Waals surface area (Å²) in [5.74, 6) is 0. The molecule has 1 atom stereocenters. The standard InChI is InChI=1S/C18H17ClN2/c1-11-9-14(5-7-16(11)19)18(20)15-6-8-17-13(10-15)4-3-12(2)21-17/h3-10,18H,20H2,1-2H3. The minimum Gasteiger partial charge on any atom is -0.320 e. The number of hydrogen-bond acceptors (Lipinski definition) is 2. The van der Waals surface area contributed by atoms with E-state index in [1.165, 1.54) is 0 Å². The van der Waals surface area contributed by atoms with Gasteiger partial charge in [0.2, 0.25) is 0 Å². The van der Waals surface area contributed by atoms with Crippen molar-refractivity contribution in [3.05, 3.63) is 75.9 Å². The Morgan fingerprint density at radius 3 is 2.43 bits per heavy atom. The SMILES string of the molecule is Cc1ccc2cc(C(N)c3ccc(Cl)c(C)c3)ccc2n1. The predicted octanol–water partition coefficient (Wildman–Crippen LogP) is 4.55. The minimum atomic E-state index is -0.160. The van der Waals surface area contributed by atoms with Gasteiger partial charge in [0.05, 0.1) is 11.6 Å². The molecule has 1 aromatic heterocycles. The van der Waals surface area contributed by atoms with Gasteiger partial charge in [-0.05, 0) is 54.8 Å². The summed E-state index contributed by atoms with van der Waals surface area (Å²) in [5, 5.41) is 1.88. The minimum absolute atomic E-state index is 0.160.